The van der Waals surface area contributed by atoms with Crippen LogP contribution in [-0.4, -0.2) is 56.3 Å². The minimum Gasteiger partial charge on any atom is -0.340 e. The molecule has 0 spiro atoms. The van der Waals surface area contributed by atoms with E-state index in [1.54, 1.807) is 35.2 Å². The third-order valence-electron chi connectivity index (χ3n) is 4.87. The second-order valence-electron chi connectivity index (χ2n) is 7.02. The Morgan fingerprint density at radius 2 is 1.79 bits per heavy atom. The molecule has 6 nitrogen and oxygen atoms in total. The molecule has 0 atom stereocenters. The van der Waals surface area contributed by atoms with E-state index in [9.17, 15) is 13.2 Å². The van der Waals surface area contributed by atoms with Crippen LogP contribution in [-0.2, 0) is 21.4 Å². The first-order valence-electron chi connectivity index (χ1n) is 9.56. The molecule has 2 aromatic rings. The van der Waals surface area contributed by atoms with Gasteiger partial charge in [-0.15, -0.1) is 0 Å². The monoisotopic (exact) mass is 401 g/mol. The molecule has 1 heterocycles. The molecule has 0 bridgehead atoms. The van der Waals surface area contributed by atoms with Gasteiger partial charge in [0.2, 0.25) is 15.9 Å². The highest BCUT2D eigenvalue weighted by Gasteiger charge is 2.26. The van der Waals surface area contributed by atoms with Crippen molar-refractivity contribution in [2.24, 2.45) is 0 Å². The van der Waals surface area contributed by atoms with Gasteiger partial charge in [0.05, 0.1) is 4.90 Å². The van der Waals surface area contributed by atoms with Crippen molar-refractivity contribution in [1.82, 2.24) is 14.5 Å². The highest BCUT2D eigenvalue weighted by molar-refractivity contribution is 7.89. The Labute approximate surface area is 167 Å². The Morgan fingerprint density at radius 1 is 1.07 bits per heavy atom. The SMILES string of the molecule is Cc1cccc(CN(CCC(=O)N2CCNCC2)S(=O)(=O)c2ccccc2)c1. The van der Waals surface area contributed by atoms with Crippen LogP contribution in [0, 0.1) is 6.92 Å². The van der Waals surface area contributed by atoms with Gasteiger partial charge in [-0.1, -0.05) is 48.0 Å². The highest BCUT2D eigenvalue weighted by Crippen LogP contribution is 2.19. The van der Waals surface area contributed by atoms with Gasteiger partial charge in [0.1, 0.15) is 0 Å². The third kappa shape index (κ3) is 5.19. The summed E-state index contributed by atoms with van der Waals surface area (Å²) in [5, 5.41) is 3.22. The van der Waals surface area contributed by atoms with Gasteiger partial charge in [-0.2, -0.15) is 4.31 Å². The van der Waals surface area contributed by atoms with Gasteiger partial charge in [0.25, 0.3) is 0 Å². The summed E-state index contributed by atoms with van der Waals surface area (Å²) in [7, 11) is -3.69. The minimum absolute atomic E-state index is 0.000922. The summed E-state index contributed by atoms with van der Waals surface area (Å²) in [6.07, 6.45) is 0.178. The summed E-state index contributed by atoms with van der Waals surface area (Å²) in [6.45, 7) is 5.28. The molecule has 0 unspecified atom stereocenters. The summed E-state index contributed by atoms with van der Waals surface area (Å²) in [5.41, 5.74) is 1.99. The largest absolute Gasteiger partial charge is 0.340 e. The topological polar surface area (TPSA) is 69.7 Å². The van der Waals surface area contributed by atoms with Gasteiger partial charge < -0.3 is 10.2 Å². The fraction of sp³-hybridized carbons (Fsp3) is 0.381. The number of nitrogens with one attached hydrogen (secondary N) is 1. The van der Waals surface area contributed by atoms with E-state index in [0.717, 1.165) is 24.2 Å². The number of benzene rings is 2. The van der Waals surface area contributed by atoms with Crippen LogP contribution in [0.3, 0.4) is 0 Å². The number of aryl methyl sites for hydroxylation is 1. The lowest BCUT2D eigenvalue weighted by Gasteiger charge is -2.29. The van der Waals surface area contributed by atoms with Gasteiger partial charge in [-0.25, -0.2) is 8.42 Å². The van der Waals surface area contributed by atoms with Crippen molar-refractivity contribution >= 4 is 15.9 Å². The van der Waals surface area contributed by atoms with Gasteiger partial charge in [-0.3, -0.25) is 4.79 Å². The molecule has 0 radical (unpaired) electrons. The smallest absolute Gasteiger partial charge is 0.243 e. The van der Waals surface area contributed by atoms with Gasteiger partial charge in [-0.05, 0) is 24.6 Å². The zero-order valence-corrected chi connectivity index (χ0v) is 17.0. The Morgan fingerprint density at radius 3 is 2.46 bits per heavy atom. The fourth-order valence-electron chi connectivity index (χ4n) is 3.33. The quantitative estimate of drug-likeness (QED) is 0.771. The molecule has 3 rings (SSSR count). The summed E-state index contributed by atoms with van der Waals surface area (Å²) >= 11 is 0. The zero-order valence-electron chi connectivity index (χ0n) is 16.2. The lowest BCUT2D eigenvalue weighted by molar-refractivity contribution is -0.131. The summed E-state index contributed by atoms with van der Waals surface area (Å²) < 4.78 is 27.8. The number of amides is 1. The van der Waals surface area contributed by atoms with Crippen LogP contribution in [0.4, 0.5) is 0 Å². The zero-order chi connectivity index (χ0) is 20.0. The van der Waals surface area contributed by atoms with Crippen molar-refractivity contribution in [3.05, 3.63) is 65.7 Å². The van der Waals surface area contributed by atoms with E-state index in [2.05, 4.69) is 5.32 Å². The van der Waals surface area contributed by atoms with E-state index in [4.69, 9.17) is 0 Å². The average Bonchev–Trinajstić information content (AvgIpc) is 2.72. The number of sulfonamides is 1. The van der Waals surface area contributed by atoms with Crippen LogP contribution in [0.5, 0.6) is 0 Å². The molecule has 28 heavy (non-hydrogen) atoms. The van der Waals surface area contributed by atoms with E-state index < -0.39 is 10.0 Å². The van der Waals surface area contributed by atoms with E-state index in [1.165, 1.54) is 4.31 Å². The number of rotatable bonds is 7. The Balaban J connectivity index is 1.78. The lowest BCUT2D eigenvalue weighted by atomic mass is 10.1. The van der Waals surface area contributed by atoms with Crippen LogP contribution in [0.15, 0.2) is 59.5 Å². The molecule has 2 aromatic carbocycles. The Bertz CT molecular complexity index is 894. The first-order chi connectivity index (χ1) is 13.5. The predicted molar refractivity (Wildman–Crippen MR) is 109 cm³/mol. The van der Waals surface area contributed by atoms with Crippen LogP contribution in [0.1, 0.15) is 17.5 Å². The lowest BCUT2D eigenvalue weighted by Crippen LogP contribution is -2.47. The standard InChI is InChI=1S/C21H27N3O3S/c1-18-6-5-7-19(16-18)17-24(28(26,27)20-8-3-2-4-9-20)13-10-21(25)23-14-11-22-12-15-23/h2-9,16,22H,10-15,17H2,1H3. The fourth-order valence-corrected chi connectivity index (χ4v) is 4.78. The number of carbonyl (C=O) groups excluding carboxylic acids is 1. The molecular weight excluding hydrogens is 374 g/mol. The molecule has 7 heteroatoms. The highest BCUT2D eigenvalue weighted by atomic mass is 32.2. The maximum Gasteiger partial charge on any atom is 0.243 e. The van der Waals surface area contributed by atoms with Crippen LogP contribution >= 0.6 is 0 Å². The molecule has 150 valence electrons. The van der Waals surface area contributed by atoms with Crippen molar-refractivity contribution in [3.63, 3.8) is 0 Å². The Hall–Kier alpha value is -2.22. The maximum absolute atomic E-state index is 13.2. The molecule has 1 aliphatic rings. The third-order valence-corrected chi connectivity index (χ3v) is 6.73. The number of piperazine rings is 1. The van der Waals surface area contributed by atoms with Crippen molar-refractivity contribution in [2.45, 2.75) is 24.8 Å². The van der Waals surface area contributed by atoms with Crippen molar-refractivity contribution in [3.8, 4) is 0 Å². The molecule has 1 aliphatic heterocycles. The second kappa shape index (κ2) is 9.32. The minimum atomic E-state index is -3.69. The summed E-state index contributed by atoms with van der Waals surface area (Å²) in [6, 6.07) is 16.2. The first-order valence-corrected chi connectivity index (χ1v) is 11.0. The second-order valence-corrected chi connectivity index (χ2v) is 8.96. The van der Waals surface area contributed by atoms with E-state index in [1.807, 2.05) is 31.2 Å². The van der Waals surface area contributed by atoms with E-state index in [-0.39, 0.29) is 30.3 Å². The average molecular weight is 402 g/mol. The molecule has 0 aromatic heterocycles. The first kappa shape index (κ1) is 20.5. The molecule has 1 fully saturated rings. The van der Waals surface area contributed by atoms with Gasteiger partial charge in [0.15, 0.2) is 0 Å². The van der Waals surface area contributed by atoms with Gasteiger partial charge >= 0.3 is 0 Å². The maximum atomic E-state index is 13.2. The molecular formula is C21H27N3O3S. The number of hydrogen-bond donors (Lipinski definition) is 1. The molecule has 1 amide bonds. The van der Waals surface area contributed by atoms with Crippen LogP contribution in [0.25, 0.3) is 0 Å². The van der Waals surface area contributed by atoms with E-state index in [0.29, 0.717) is 13.1 Å². The summed E-state index contributed by atoms with van der Waals surface area (Å²) in [5.74, 6) is -0.000922. The predicted octanol–water partition coefficient (Wildman–Crippen LogP) is 2.01. The molecule has 0 aliphatic carbocycles. The number of nitrogens with zero attached hydrogens (tertiary/aromatic N) is 2. The molecule has 1 saturated heterocycles. The molecule has 0 saturated carbocycles. The van der Waals surface area contributed by atoms with Crippen molar-refractivity contribution < 1.29 is 13.2 Å². The normalized spacial score (nSPS) is 15.0. The number of hydrogen-bond acceptors (Lipinski definition) is 4. The number of carbonyl (C=O) groups is 1. The van der Waals surface area contributed by atoms with Crippen LogP contribution < -0.4 is 5.32 Å². The van der Waals surface area contributed by atoms with Gasteiger partial charge in [0, 0.05) is 45.7 Å². The van der Waals surface area contributed by atoms with E-state index >= 15 is 0 Å². The van der Waals surface area contributed by atoms with Crippen molar-refractivity contribution in [2.75, 3.05) is 32.7 Å². The van der Waals surface area contributed by atoms with Crippen LogP contribution in [0.2, 0.25) is 0 Å². The Kier molecular flexibility index (Phi) is 6.83. The van der Waals surface area contributed by atoms with Crippen molar-refractivity contribution in [1.29, 1.82) is 0 Å². The summed E-state index contributed by atoms with van der Waals surface area (Å²) in [4.78, 5) is 14.6. The molecule has 1 N–H and O–H groups in total.